The molecule has 0 radical (unpaired) electrons. The van der Waals surface area contributed by atoms with Gasteiger partial charge in [0, 0.05) is 20.0 Å². The predicted molar refractivity (Wildman–Crippen MR) is 93.6 cm³/mol. The van der Waals surface area contributed by atoms with Crippen molar-refractivity contribution in [1.82, 2.24) is 4.90 Å². The van der Waals surface area contributed by atoms with Gasteiger partial charge in [-0.1, -0.05) is 36.4 Å². The second-order valence-corrected chi connectivity index (χ2v) is 6.87. The highest BCUT2D eigenvalue weighted by atomic mass is 16.6. The number of amides is 1. The van der Waals surface area contributed by atoms with Crippen LogP contribution in [0.4, 0.5) is 4.79 Å². The third-order valence-electron chi connectivity index (χ3n) is 3.46. The average Bonchev–Trinajstić information content (AvgIpc) is 2.54. The smallest absolute Gasteiger partial charge is 0.410 e. The Hall–Kier alpha value is -2.04. The largest absolute Gasteiger partial charge is 0.466 e. The van der Waals surface area contributed by atoms with E-state index in [1.807, 2.05) is 57.2 Å². The van der Waals surface area contributed by atoms with Crippen molar-refractivity contribution >= 4 is 12.1 Å². The first-order valence-electron chi connectivity index (χ1n) is 8.39. The Kier molecular flexibility index (Phi) is 8.30. The normalized spacial score (nSPS) is 15.1. The van der Waals surface area contributed by atoms with Crippen molar-refractivity contribution in [3.63, 3.8) is 0 Å². The summed E-state index contributed by atoms with van der Waals surface area (Å²) in [5, 5.41) is 0. The summed E-state index contributed by atoms with van der Waals surface area (Å²) >= 11 is 0. The van der Waals surface area contributed by atoms with Crippen LogP contribution in [0.5, 0.6) is 0 Å². The van der Waals surface area contributed by atoms with Crippen LogP contribution in [-0.2, 0) is 14.3 Å². The van der Waals surface area contributed by atoms with Crippen LogP contribution in [-0.4, -0.2) is 42.3 Å². The Morgan fingerprint density at radius 2 is 1.46 bits per heavy atom. The summed E-state index contributed by atoms with van der Waals surface area (Å²) < 4.78 is 10.3. The first kappa shape index (κ1) is 20.0. The Morgan fingerprint density at radius 1 is 1.00 bits per heavy atom. The Labute approximate surface area is 144 Å². The van der Waals surface area contributed by atoms with Gasteiger partial charge in [-0.25, -0.2) is 4.79 Å². The summed E-state index contributed by atoms with van der Waals surface area (Å²) in [6.45, 7) is 8.78. The van der Waals surface area contributed by atoms with E-state index in [1.165, 1.54) is 6.92 Å². The zero-order valence-electron chi connectivity index (χ0n) is 15.2. The zero-order chi connectivity index (χ0) is 18.0. The molecule has 0 atom stereocenters. The first-order valence-corrected chi connectivity index (χ1v) is 8.39. The lowest BCUT2D eigenvalue weighted by Crippen LogP contribution is -2.42. The standard InChI is InChI=1S/C13H23NO4.C6H6/c1-10(15)17-9-11-5-7-14(8-6-11)12(16)18-13(2,3)4;1-2-4-6-5-3-1/h11H,5-9H2,1-4H3;1-6H. The highest BCUT2D eigenvalue weighted by Gasteiger charge is 2.27. The molecular weight excluding hydrogens is 306 g/mol. The minimum absolute atomic E-state index is 0.246. The third-order valence-corrected chi connectivity index (χ3v) is 3.46. The lowest BCUT2D eigenvalue weighted by molar-refractivity contribution is -0.142. The van der Waals surface area contributed by atoms with Gasteiger partial charge in [-0.2, -0.15) is 0 Å². The van der Waals surface area contributed by atoms with Crippen LogP contribution in [0, 0.1) is 5.92 Å². The predicted octanol–water partition coefficient (Wildman–Crippen LogP) is 3.88. The number of hydrogen-bond donors (Lipinski definition) is 0. The molecule has 1 aliphatic rings. The summed E-state index contributed by atoms with van der Waals surface area (Å²) in [5.74, 6) is 0.108. The molecule has 0 aromatic heterocycles. The first-order chi connectivity index (χ1) is 11.3. The fourth-order valence-corrected chi connectivity index (χ4v) is 2.23. The van der Waals surface area contributed by atoms with E-state index >= 15 is 0 Å². The SMILES string of the molecule is CC(=O)OCC1CCN(C(=O)OC(C)(C)C)CC1.c1ccccc1. The third kappa shape index (κ3) is 9.18. The number of ether oxygens (including phenoxy) is 2. The fraction of sp³-hybridized carbons (Fsp3) is 0.579. The van der Waals surface area contributed by atoms with E-state index in [9.17, 15) is 9.59 Å². The fourth-order valence-electron chi connectivity index (χ4n) is 2.23. The van der Waals surface area contributed by atoms with Crippen molar-refractivity contribution in [1.29, 1.82) is 0 Å². The van der Waals surface area contributed by atoms with E-state index in [0.717, 1.165) is 12.8 Å². The van der Waals surface area contributed by atoms with Gasteiger partial charge in [0.15, 0.2) is 0 Å². The van der Waals surface area contributed by atoms with E-state index < -0.39 is 5.60 Å². The molecule has 1 heterocycles. The van der Waals surface area contributed by atoms with Gasteiger partial charge < -0.3 is 14.4 Å². The highest BCUT2D eigenvalue weighted by molar-refractivity contribution is 5.68. The van der Waals surface area contributed by atoms with Gasteiger partial charge in [-0.15, -0.1) is 0 Å². The molecule has 1 aromatic carbocycles. The molecule has 1 aromatic rings. The minimum Gasteiger partial charge on any atom is -0.466 e. The van der Waals surface area contributed by atoms with Crippen molar-refractivity contribution in [3.8, 4) is 0 Å². The molecule has 24 heavy (non-hydrogen) atoms. The van der Waals surface area contributed by atoms with Gasteiger partial charge >= 0.3 is 12.1 Å². The van der Waals surface area contributed by atoms with Gasteiger partial charge in [-0.05, 0) is 39.5 Å². The number of nitrogens with zero attached hydrogens (tertiary/aromatic N) is 1. The average molecular weight is 335 g/mol. The molecule has 2 rings (SSSR count). The maximum absolute atomic E-state index is 11.8. The molecule has 0 unspecified atom stereocenters. The van der Waals surface area contributed by atoms with Crippen LogP contribution in [0.1, 0.15) is 40.5 Å². The number of rotatable bonds is 2. The summed E-state index contributed by atoms with van der Waals surface area (Å²) in [4.78, 5) is 24.2. The number of piperidine rings is 1. The van der Waals surface area contributed by atoms with Crippen molar-refractivity contribution in [2.45, 2.75) is 46.1 Å². The summed E-state index contributed by atoms with van der Waals surface area (Å²) in [6, 6.07) is 12.0. The molecule has 1 saturated heterocycles. The quantitative estimate of drug-likeness (QED) is 0.770. The Morgan fingerprint density at radius 3 is 1.83 bits per heavy atom. The molecular formula is C19H29NO4. The van der Waals surface area contributed by atoms with Gasteiger partial charge in [0.2, 0.25) is 0 Å². The van der Waals surface area contributed by atoms with Crippen molar-refractivity contribution in [2.24, 2.45) is 5.92 Å². The van der Waals surface area contributed by atoms with E-state index in [-0.39, 0.29) is 12.1 Å². The summed E-state index contributed by atoms with van der Waals surface area (Å²) in [7, 11) is 0. The monoisotopic (exact) mass is 335 g/mol. The molecule has 134 valence electrons. The van der Waals surface area contributed by atoms with Crippen LogP contribution in [0.3, 0.4) is 0 Å². The van der Waals surface area contributed by atoms with Crippen molar-refractivity contribution < 1.29 is 19.1 Å². The Balaban J connectivity index is 0.000000400. The lowest BCUT2D eigenvalue weighted by atomic mass is 9.98. The van der Waals surface area contributed by atoms with Crippen LogP contribution in [0.15, 0.2) is 36.4 Å². The second-order valence-electron chi connectivity index (χ2n) is 6.87. The van der Waals surface area contributed by atoms with Crippen LogP contribution in [0.25, 0.3) is 0 Å². The van der Waals surface area contributed by atoms with E-state index in [1.54, 1.807) is 4.90 Å². The molecule has 5 nitrogen and oxygen atoms in total. The molecule has 1 amide bonds. The van der Waals surface area contributed by atoms with E-state index in [2.05, 4.69) is 0 Å². The number of likely N-dealkylation sites (tertiary alicyclic amines) is 1. The number of benzene rings is 1. The summed E-state index contributed by atoms with van der Waals surface area (Å²) in [6.07, 6.45) is 1.45. The van der Waals surface area contributed by atoms with Gasteiger partial charge in [-0.3, -0.25) is 4.79 Å². The number of hydrogen-bond acceptors (Lipinski definition) is 4. The molecule has 0 N–H and O–H groups in total. The zero-order valence-corrected chi connectivity index (χ0v) is 15.2. The Bertz CT molecular complexity index is 461. The molecule has 0 spiro atoms. The lowest BCUT2D eigenvalue weighted by Gasteiger charge is -2.33. The molecule has 1 aliphatic heterocycles. The number of esters is 1. The van der Waals surface area contributed by atoms with Crippen LogP contribution < -0.4 is 0 Å². The second kappa shape index (κ2) is 9.96. The minimum atomic E-state index is -0.453. The summed E-state index contributed by atoms with van der Waals surface area (Å²) in [5.41, 5.74) is -0.453. The van der Waals surface area contributed by atoms with Gasteiger partial charge in [0.1, 0.15) is 5.60 Å². The topological polar surface area (TPSA) is 55.8 Å². The number of carbonyl (C=O) groups excluding carboxylic acids is 2. The number of carbonyl (C=O) groups is 2. The van der Waals surface area contributed by atoms with Gasteiger partial charge in [0.05, 0.1) is 6.61 Å². The highest BCUT2D eigenvalue weighted by Crippen LogP contribution is 2.19. The van der Waals surface area contributed by atoms with E-state index in [0.29, 0.717) is 25.6 Å². The molecule has 0 aliphatic carbocycles. The molecule has 5 heteroatoms. The maximum atomic E-state index is 11.8. The molecule has 0 saturated carbocycles. The maximum Gasteiger partial charge on any atom is 0.410 e. The van der Waals surface area contributed by atoms with Crippen molar-refractivity contribution in [2.75, 3.05) is 19.7 Å². The molecule has 0 bridgehead atoms. The van der Waals surface area contributed by atoms with E-state index in [4.69, 9.17) is 9.47 Å². The van der Waals surface area contributed by atoms with Gasteiger partial charge in [0.25, 0.3) is 0 Å². The van der Waals surface area contributed by atoms with Crippen LogP contribution in [0.2, 0.25) is 0 Å². The molecule has 1 fully saturated rings. The van der Waals surface area contributed by atoms with Crippen molar-refractivity contribution in [3.05, 3.63) is 36.4 Å². The van der Waals surface area contributed by atoms with Crippen LogP contribution >= 0.6 is 0 Å².